The van der Waals surface area contributed by atoms with Crippen molar-refractivity contribution in [2.45, 2.75) is 130 Å². The van der Waals surface area contributed by atoms with Crippen LogP contribution in [0.1, 0.15) is 122 Å². The summed E-state index contributed by atoms with van der Waals surface area (Å²) < 4.78 is 4.89. The van der Waals surface area contributed by atoms with Crippen molar-refractivity contribution < 1.29 is 4.57 Å². The molecule has 0 unspecified atom stereocenters. The molecule has 0 fully saturated rings. The Labute approximate surface area is 193 Å². The zero-order chi connectivity index (χ0) is 22.0. The van der Waals surface area contributed by atoms with E-state index < -0.39 is 0 Å². The minimum Gasteiger partial charge on any atom is -0.234 e. The van der Waals surface area contributed by atoms with Crippen LogP contribution in [0.3, 0.4) is 0 Å². The van der Waals surface area contributed by atoms with E-state index in [-0.39, 0.29) is 0 Å². The van der Waals surface area contributed by atoms with Crippen LogP contribution in [-0.2, 0) is 19.5 Å². The zero-order valence-corrected chi connectivity index (χ0v) is 20.7. The van der Waals surface area contributed by atoms with Crippen LogP contribution in [0.5, 0.6) is 0 Å². The Hall–Kier alpha value is -1.57. The molecule has 0 amide bonds. The van der Waals surface area contributed by atoms with Gasteiger partial charge in [0.1, 0.15) is 12.4 Å². The van der Waals surface area contributed by atoms with Crippen molar-refractivity contribution in [3.8, 4) is 0 Å². The summed E-state index contributed by atoms with van der Waals surface area (Å²) in [6.45, 7) is 6.75. The molecule has 0 saturated carbocycles. The van der Waals surface area contributed by atoms with Gasteiger partial charge < -0.3 is 0 Å². The highest BCUT2D eigenvalue weighted by molar-refractivity contribution is 5.18. The second kappa shape index (κ2) is 17.0. The van der Waals surface area contributed by atoms with E-state index >= 15 is 0 Å². The van der Waals surface area contributed by atoms with Crippen LogP contribution < -0.4 is 4.57 Å². The number of benzene rings is 1. The molecule has 1 heterocycles. The number of hydrogen-bond acceptors (Lipinski definition) is 0. The third kappa shape index (κ3) is 11.0. The minimum atomic E-state index is 1.03. The summed E-state index contributed by atoms with van der Waals surface area (Å²) in [7, 11) is 0. The molecule has 31 heavy (non-hydrogen) atoms. The number of nitrogens with zero attached hydrogens (tertiary/aromatic N) is 2. The lowest BCUT2D eigenvalue weighted by molar-refractivity contribution is -0.703. The first-order valence-electron chi connectivity index (χ1n) is 13.5. The number of aromatic nitrogens is 2. The molecule has 0 spiro atoms. The van der Waals surface area contributed by atoms with Crippen molar-refractivity contribution in [1.82, 2.24) is 4.57 Å². The predicted octanol–water partition coefficient (Wildman–Crippen LogP) is 8.26. The number of hydrogen-bond donors (Lipinski definition) is 0. The molecule has 2 heteroatoms. The number of aryl methyl sites for hydroxylation is 2. The highest BCUT2D eigenvalue weighted by Gasteiger charge is 2.16. The SMILES string of the molecule is CCCCCCCCCCCCCCCCC[n+]1ccn(CC)c1Cc1ccccc1. The Bertz CT molecular complexity index is 659. The van der Waals surface area contributed by atoms with E-state index in [2.05, 4.69) is 65.7 Å². The molecule has 1 aromatic heterocycles. The lowest BCUT2D eigenvalue weighted by Crippen LogP contribution is -2.37. The van der Waals surface area contributed by atoms with Gasteiger partial charge >= 0.3 is 0 Å². The summed E-state index contributed by atoms with van der Waals surface area (Å²) in [5.74, 6) is 1.44. The Morgan fingerprint density at radius 2 is 1.16 bits per heavy atom. The first-order chi connectivity index (χ1) is 15.3. The maximum atomic E-state index is 2.48. The molecule has 0 N–H and O–H groups in total. The number of imidazole rings is 1. The average molecular weight is 426 g/mol. The Balaban J connectivity index is 1.49. The molecule has 0 aliphatic carbocycles. The molecule has 0 saturated heterocycles. The van der Waals surface area contributed by atoms with Crippen LogP contribution in [0.25, 0.3) is 0 Å². The van der Waals surface area contributed by atoms with Crippen LogP contribution >= 0.6 is 0 Å². The molecule has 0 aliphatic rings. The molecule has 1 aromatic carbocycles. The standard InChI is InChI=1S/C29H49N2/c1-3-5-6-7-8-9-10-11-12-13-14-15-16-17-21-24-31-26-25-30(4-2)29(31)27-28-22-19-18-20-23-28/h18-20,22-23,25-26H,3-17,21,24,27H2,1-2H3/q+1. The Morgan fingerprint density at radius 3 is 1.68 bits per heavy atom. The lowest BCUT2D eigenvalue weighted by atomic mass is 10.0. The van der Waals surface area contributed by atoms with Gasteiger partial charge in [-0.1, -0.05) is 121 Å². The van der Waals surface area contributed by atoms with E-state index in [1.54, 1.807) is 0 Å². The molecule has 2 nitrogen and oxygen atoms in total. The van der Waals surface area contributed by atoms with Gasteiger partial charge in [0.25, 0.3) is 5.82 Å². The Kier molecular flexibility index (Phi) is 14.1. The van der Waals surface area contributed by atoms with Gasteiger partial charge in [0, 0.05) is 0 Å². The fourth-order valence-electron chi connectivity index (χ4n) is 4.62. The van der Waals surface area contributed by atoms with Gasteiger partial charge in [-0.3, -0.25) is 0 Å². The Morgan fingerprint density at radius 1 is 0.645 bits per heavy atom. The maximum absolute atomic E-state index is 2.48. The summed E-state index contributed by atoms with van der Waals surface area (Å²) in [6, 6.07) is 10.9. The third-order valence-electron chi connectivity index (χ3n) is 6.64. The predicted molar refractivity (Wildman–Crippen MR) is 134 cm³/mol. The van der Waals surface area contributed by atoms with Crippen molar-refractivity contribution in [2.24, 2.45) is 0 Å². The van der Waals surface area contributed by atoms with E-state index in [9.17, 15) is 0 Å². The number of unbranched alkanes of at least 4 members (excludes halogenated alkanes) is 14. The van der Waals surface area contributed by atoms with Gasteiger partial charge in [0.15, 0.2) is 0 Å². The summed E-state index contributed by atoms with van der Waals surface area (Å²) in [5.41, 5.74) is 1.40. The summed E-state index contributed by atoms with van der Waals surface area (Å²) in [5, 5.41) is 0. The molecule has 2 aromatic rings. The monoisotopic (exact) mass is 425 g/mol. The van der Waals surface area contributed by atoms with Crippen molar-refractivity contribution in [3.05, 3.63) is 54.1 Å². The lowest BCUT2D eigenvalue weighted by Gasteiger charge is -2.05. The van der Waals surface area contributed by atoms with Crippen LogP contribution in [0.2, 0.25) is 0 Å². The van der Waals surface area contributed by atoms with Crippen molar-refractivity contribution in [1.29, 1.82) is 0 Å². The summed E-state index contributed by atoms with van der Waals surface area (Å²) in [4.78, 5) is 0. The fraction of sp³-hybridized carbons (Fsp3) is 0.690. The normalized spacial score (nSPS) is 11.3. The minimum absolute atomic E-state index is 1.03. The van der Waals surface area contributed by atoms with Gasteiger partial charge in [-0.15, -0.1) is 0 Å². The first kappa shape index (κ1) is 25.7. The molecular weight excluding hydrogens is 376 g/mol. The third-order valence-corrected chi connectivity index (χ3v) is 6.64. The maximum Gasteiger partial charge on any atom is 0.260 e. The molecule has 0 aliphatic heterocycles. The molecule has 174 valence electrons. The molecule has 0 bridgehead atoms. The van der Waals surface area contributed by atoms with Gasteiger partial charge in [-0.2, -0.15) is 0 Å². The fourth-order valence-corrected chi connectivity index (χ4v) is 4.62. The van der Waals surface area contributed by atoms with Crippen molar-refractivity contribution in [2.75, 3.05) is 0 Å². The molecule has 0 atom stereocenters. The quantitative estimate of drug-likeness (QED) is 0.158. The summed E-state index contributed by atoms with van der Waals surface area (Å²) in [6.07, 6.45) is 27.0. The van der Waals surface area contributed by atoms with Crippen molar-refractivity contribution >= 4 is 0 Å². The number of rotatable bonds is 19. The van der Waals surface area contributed by atoms with Crippen LogP contribution in [-0.4, -0.2) is 4.57 Å². The molecule has 2 rings (SSSR count). The second-order valence-electron chi connectivity index (χ2n) is 9.31. The highest BCUT2D eigenvalue weighted by Crippen LogP contribution is 2.13. The highest BCUT2D eigenvalue weighted by atomic mass is 15.1. The average Bonchev–Trinajstić information content (AvgIpc) is 3.18. The zero-order valence-electron chi connectivity index (χ0n) is 20.7. The smallest absolute Gasteiger partial charge is 0.234 e. The largest absolute Gasteiger partial charge is 0.260 e. The van der Waals surface area contributed by atoms with Gasteiger partial charge in [-0.05, 0) is 25.3 Å². The van der Waals surface area contributed by atoms with Crippen LogP contribution in [0.4, 0.5) is 0 Å². The van der Waals surface area contributed by atoms with Gasteiger partial charge in [-0.25, -0.2) is 9.13 Å². The first-order valence-corrected chi connectivity index (χ1v) is 13.5. The second-order valence-corrected chi connectivity index (χ2v) is 9.31. The van der Waals surface area contributed by atoms with Gasteiger partial charge in [0.2, 0.25) is 0 Å². The molecular formula is C29H49N2+. The van der Waals surface area contributed by atoms with E-state index in [1.807, 2.05) is 0 Å². The van der Waals surface area contributed by atoms with E-state index in [4.69, 9.17) is 0 Å². The van der Waals surface area contributed by atoms with E-state index in [0.717, 1.165) is 19.5 Å². The van der Waals surface area contributed by atoms with E-state index in [0.29, 0.717) is 0 Å². The molecule has 0 radical (unpaired) electrons. The summed E-state index contributed by atoms with van der Waals surface area (Å²) >= 11 is 0. The van der Waals surface area contributed by atoms with Crippen molar-refractivity contribution in [3.63, 3.8) is 0 Å². The van der Waals surface area contributed by atoms with Crippen LogP contribution in [0.15, 0.2) is 42.7 Å². The topological polar surface area (TPSA) is 8.81 Å². The van der Waals surface area contributed by atoms with E-state index in [1.165, 1.54) is 108 Å². The van der Waals surface area contributed by atoms with Gasteiger partial charge in [0.05, 0.1) is 19.5 Å². The van der Waals surface area contributed by atoms with Crippen LogP contribution in [0, 0.1) is 0 Å².